The van der Waals surface area contributed by atoms with Crippen LogP contribution in [0.4, 0.5) is 4.39 Å². The molecule has 2 atom stereocenters. The Hall–Kier alpha value is -2.44. The van der Waals surface area contributed by atoms with Gasteiger partial charge in [0.15, 0.2) is 23.5 Å². The highest BCUT2D eigenvalue weighted by Crippen LogP contribution is 2.36. The molecule has 1 amide bonds. The molecule has 7 heteroatoms. The lowest BCUT2D eigenvalue weighted by Gasteiger charge is -2.25. The van der Waals surface area contributed by atoms with Gasteiger partial charge in [-0.25, -0.2) is 4.39 Å². The molecular formula is C18H20FN3O3. The Labute approximate surface area is 145 Å². The zero-order valence-corrected chi connectivity index (χ0v) is 14.2. The van der Waals surface area contributed by atoms with Crippen molar-refractivity contribution in [1.82, 2.24) is 15.0 Å². The predicted octanol–water partition coefficient (Wildman–Crippen LogP) is 3.00. The van der Waals surface area contributed by atoms with Gasteiger partial charge in [0, 0.05) is 24.4 Å². The van der Waals surface area contributed by atoms with E-state index in [0.29, 0.717) is 24.7 Å². The Bertz CT molecular complexity index is 805. The lowest BCUT2D eigenvalue weighted by atomic mass is 10.1. The highest BCUT2D eigenvalue weighted by Gasteiger charge is 2.40. The number of ether oxygens (including phenoxy) is 1. The third-order valence-corrected chi connectivity index (χ3v) is 4.77. The fourth-order valence-electron chi connectivity index (χ4n) is 3.47. The Morgan fingerprint density at radius 3 is 2.96 bits per heavy atom. The van der Waals surface area contributed by atoms with E-state index in [-0.39, 0.29) is 23.6 Å². The molecule has 0 spiro atoms. The van der Waals surface area contributed by atoms with E-state index in [0.717, 1.165) is 18.4 Å². The van der Waals surface area contributed by atoms with Gasteiger partial charge >= 0.3 is 0 Å². The number of carbonyl (C=O) groups excluding carboxylic acids is 1. The van der Waals surface area contributed by atoms with Crippen molar-refractivity contribution >= 4 is 5.91 Å². The summed E-state index contributed by atoms with van der Waals surface area (Å²) in [5.41, 5.74) is 0.732. The summed E-state index contributed by atoms with van der Waals surface area (Å²) in [5.74, 6) is 0.873. The molecule has 6 nitrogen and oxygen atoms in total. The second-order valence-corrected chi connectivity index (χ2v) is 6.87. The molecule has 0 bridgehead atoms. The van der Waals surface area contributed by atoms with Gasteiger partial charge in [-0.05, 0) is 18.9 Å². The smallest absolute Gasteiger partial charge is 0.264 e. The summed E-state index contributed by atoms with van der Waals surface area (Å²) >= 11 is 0. The van der Waals surface area contributed by atoms with Gasteiger partial charge in [-0.15, -0.1) is 0 Å². The minimum Gasteiger partial charge on any atom is -0.477 e. The van der Waals surface area contributed by atoms with E-state index in [1.165, 1.54) is 6.07 Å². The lowest BCUT2D eigenvalue weighted by molar-refractivity contribution is -0.139. The molecule has 0 radical (unpaired) electrons. The van der Waals surface area contributed by atoms with Crippen LogP contribution in [0.15, 0.2) is 22.7 Å². The molecule has 1 saturated heterocycles. The average molecular weight is 345 g/mol. The topological polar surface area (TPSA) is 68.5 Å². The SMILES string of the molecule is CC(C)c1nc([C@@H]2CCCN2C(=O)[C@H]2Cc3cccc(F)c3O2)no1. The van der Waals surface area contributed by atoms with Crippen molar-refractivity contribution in [2.45, 2.75) is 51.2 Å². The van der Waals surface area contributed by atoms with Gasteiger partial charge < -0.3 is 14.2 Å². The first-order valence-corrected chi connectivity index (χ1v) is 8.62. The van der Waals surface area contributed by atoms with Gasteiger partial charge in [-0.1, -0.05) is 31.1 Å². The Balaban J connectivity index is 1.53. The summed E-state index contributed by atoms with van der Waals surface area (Å²) in [6.07, 6.45) is 1.36. The first-order valence-electron chi connectivity index (χ1n) is 8.62. The number of likely N-dealkylation sites (tertiary alicyclic amines) is 1. The molecule has 2 aliphatic heterocycles. The highest BCUT2D eigenvalue weighted by atomic mass is 19.1. The maximum Gasteiger partial charge on any atom is 0.264 e. The van der Waals surface area contributed by atoms with Gasteiger partial charge in [0.25, 0.3) is 5.91 Å². The summed E-state index contributed by atoms with van der Waals surface area (Å²) in [6.45, 7) is 4.58. The molecule has 1 fully saturated rings. The molecule has 0 saturated carbocycles. The second-order valence-electron chi connectivity index (χ2n) is 6.87. The van der Waals surface area contributed by atoms with Gasteiger partial charge in [0.2, 0.25) is 5.89 Å². The van der Waals surface area contributed by atoms with Gasteiger partial charge in [-0.2, -0.15) is 4.98 Å². The maximum absolute atomic E-state index is 13.8. The molecular weight excluding hydrogens is 325 g/mol. The standard InChI is InChI=1S/C18H20FN3O3/c1-10(2)17-20-16(21-25-17)13-7-4-8-22(13)18(23)14-9-11-5-3-6-12(19)15(11)24-14/h3,5-6,10,13-14H,4,7-9H2,1-2H3/t13-,14+/m0/s1. The van der Waals surface area contributed by atoms with Gasteiger partial charge in [0.1, 0.15) is 0 Å². The summed E-state index contributed by atoms with van der Waals surface area (Å²) in [4.78, 5) is 19.1. The van der Waals surface area contributed by atoms with Crippen molar-refractivity contribution in [2.24, 2.45) is 0 Å². The second kappa shape index (κ2) is 6.13. The zero-order chi connectivity index (χ0) is 17.6. The number of rotatable bonds is 3. The zero-order valence-electron chi connectivity index (χ0n) is 14.2. The third kappa shape index (κ3) is 2.77. The van der Waals surface area contributed by atoms with Crippen LogP contribution >= 0.6 is 0 Å². The fourth-order valence-corrected chi connectivity index (χ4v) is 3.47. The highest BCUT2D eigenvalue weighted by molar-refractivity contribution is 5.83. The number of nitrogens with zero attached hydrogens (tertiary/aromatic N) is 3. The van der Waals surface area contributed by atoms with Crippen LogP contribution in [0.3, 0.4) is 0 Å². The number of aromatic nitrogens is 2. The molecule has 25 heavy (non-hydrogen) atoms. The molecule has 0 N–H and O–H groups in total. The molecule has 132 valence electrons. The normalized spacial score (nSPS) is 22.3. The van der Waals surface area contributed by atoms with Crippen LogP contribution < -0.4 is 4.74 Å². The number of halogens is 1. The summed E-state index contributed by atoms with van der Waals surface area (Å²) in [6, 6.07) is 4.56. The van der Waals surface area contributed by atoms with E-state index in [4.69, 9.17) is 9.26 Å². The molecule has 2 aromatic rings. The Kier molecular flexibility index (Phi) is 3.94. The van der Waals surface area contributed by atoms with Crippen molar-refractivity contribution in [2.75, 3.05) is 6.54 Å². The van der Waals surface area contributed by atoms with Crippen LogP contribution in [-0.2, 0) is 11.2 Å². The number of para-hydroxylation sites is 1. The number of carbonyl (C=O) groups is 1. The number of benzene rings is 1. The largest absolute Gasteiger partial charge is 0.477 e. The van der Waals surface area contributed by atoms with E-state index >= 15 is 0 Å². The molecule has 1 aromatic heterocycles. The van der Waals surface area contributed by atoms with Crippen molar-refractivity contribution < 1.29 is 18.4 Å². The van der Waals surface area contributed by atoms with E-state index in [9.17, 15) is 9.18 Å². The molecule has 2 aliphatic rings. The molecule has 3 heterocycles. The minimum absolute atomic E-state index is 0.141. The first kappa shape index (κ1) is 16.1. The number of amides is 1. The summed E-state index contributed by atoms with van der Waals surface area (Å²) < 4.78 is 24.7. The fraction of sp³-hybridized carbons (Fsp3) is 0.500. The van der Waals surface area contributed by atoms with Crippen molar-refractivity contribution in [3.05, 3.63) is 41.3 Å². The summed E-state index contributed by atoms with van der Waals surface area (Å²) in [7, 11) is 0. The average Bonchev–Trinajstić information content (AvgIpc) is 3.32. The van der Waals surface area contributed by atoms with E-state index in [1.54, 1.807) is 17.0 Å². The van der Waals surface area contributed by atoms with Crippen molar-refractivity contribution in [1.29, 1.82) is 0 Å². The third-order valence-electron chi connectivity index (χ3n) is 4.77. The van der Waals surface area contributed by atoms with Crippen molar-refractivity contribution in [3.8, 4) is 5.75 Å². The van der Waals surface area contributed by atoms with Crippen LogP contribution in [0.1, 0.15) is 55.9 Å². The number of hydrogen-bond acceptors (Lipinski definition) is 5. The predicted molar refractivity (Wildman–Crippen MR) is 86.6 cm³/mol. The van der Waals surface area contributed by atoms with E-state index in [2.05, 4.69) is 10.1 Å². The maximum atomic E-state index is 13.8. The summed E-state index contributed by atoms with van der Waals surface area (Å²) in [5, 5.41) is 4.05. The Morgan fingerprint density at radius 2 is 2.24 bits per heavy atom. The molecule has 0 aliphatic carbocycles. The quantitative estimate of drug-likeness (QED) is 0.855. The lowest BCUT2D eigenvalue weighted by Crippen LogP contribution is -2.41. The minimum atomic E-state index is -0.691. The van der Waals surface area contributed by atoms with Crippen LogP contribution in [0.2, 0.25) is 0 Å². The first-order chi connectivity index (χ1) is 12.0. The number of fused-ring (bicyclic) bond motifs is 1. The van der Waals surface area contributed by atoms with Crippen LogP contribution in [0.5, 0.6) is 5.75 Å². The molecule has 1 aromatic carbocycles. The number of hydrogen-bond donors (Lipinski definition) is 0. The molecule has 4 rings (SSSR count). The van der Waals surface area contributed by atoms with Gasteiger partial charge in [-0.3, -0.25) is 4.79 Å². The Morgan fingerprint density at radius 1 is 1.40 bits per heavy atom. The molecule has 0 unspecified atom stereocenters. The van der Waals surface area contributed by atoms with Crippen molar-refractivity contribution in [3.63, 3.8) is 0 Å². The van der Waals surface area contributed by atoms with Crippen LogP contribution in [0.25, 0.3) is 0 Å². The van der Waals surface area contributed by atoms with E-state index in [1.807, 2.05) is 13.8 Å². The van der Waals surface area contributed by atoms with Crippen LogP contribution in [0, 0.1) is 5.82 Å². The van der Waals surface area contributed by atoms with Gasteiger partial charge in [0.05, 0.1) is 6.04 Å². The monoisotopic (exact) mass is 345 g/mol. The van der Waals surface area contributed by atoms with E-state index < -0.39 is 11.9 Å². The van der Waals surface area contributed by atoms with Crippen LogP contribution in [-0.4, -0.2) is 33.6 Å².